The Labute approximate surface area is 167 Å². The molecule has 0 bridgehead atoms. The van der Waals surface area contributed by atoms with Crippen LogP contribution in [0.5, 0.6) is 5.88 Å². The summed E-state index contributed by atoms with van der Waals surface area (Å²) in [5.74, 6) is 0.192. The number of pyridine rings is 1. The van der Waals surface area contributed by atoms with Crippen LogP contribution in [0.1, 0.15) is 15.9 Å². The van der Waals surface area contributed by atoms with Crippen molar-refractivity contribution in [1.29, 1.82) is 0 Å². The fourth-order valence-corrected chi connectivity index (χ4v) is 2.99. The minimum absolute atomic E-state index is 0.139. The normalized spacial score (nSPS) is 11.9. The van der Waals surface area contributed by atoms with Gasteiger partial charge in [-0.25, -0.2) is 4.98 Å². The summed E-state index contributed by atoms with van der Waals surface area (Å²) in [4.78, 5) is 16.6. The molecular formula is C22H21N5O2. The van der Waals surface area contributed by atoms with Gasteiger partial charge in [-0.1, -0.05) is 30.3 Å². The molecule has 0 saturated carbocycles. The summed E-state index contributed by atoms with van der Waals surface area (Å²) in [6.45, 7) is 0.345. The summed E-state index contributed by atoms with van der Waals surface area (Å²) in [6, 6.07) is 18.8. The number of aromatic nitrogens is 3. The van der Waals surface area contributed by atoms with Crippen LogP contribution in [0.4, 0.5) is 5.69 Å². The molecular weight excluding hydrogens is 366 g/mol. The van der Waals surface area contributed by atoms with Crippen LogP contribution in [0.25, 0.3) is 10.9 Å². The molecule has 29 heavy (non-hydrogen) atoms. The van der Waals surface area contributed by atoms with Gasteiger partial charge in [0.1, 0.15) is 6.61 Å². The van der Waals surface area contributed by atoms with Crippen LogP contribution in [0, 0.1) is 0 Å². The zero-order valence-corrected chi connectivity index (χ0v) is 15.7. The molecule has 4 N–H and O–H groups in total. The predicted octanol–water partition coefficient (Wildman–Crippen LogP) is 3.16. The first-order valence-electron chi connectivity index (χ1n) is 9.30. The van der Waals surface area contributed by atoms with Gasteiger partial charge in [0.25, 0.3) is 5.91 Å². The highest BCUT2D eigenvalue weighted by Gasteiger charge is 2.10. The van der Waals surface area contributed by atoms with Gasteiger partial charge in [0.15, 0.2) is 0 Å². The molecule has 0 unspecified atom stereocenters. The van der Waals surface area contributed by atoms with Gasteiger partial charge in [-0.2, -0.15) is 5.10 Å². The molecule has 7 heteroatoms. The van der Waals surface area contributed by atoms with Crippen molar-refractivity contribution in [2.45, 2.75) is 12.5 Å². The molecule has 1 amide bonds. The van der Waals surface area contributed by atoms with Crippen molar-refractivity contribution in [2.24, 2.45) is 5.73 Å². The zero-order valence-electron chi connectivity index (χ0n) is 15.7. The fraction of sp³-hybridized carbons (Fsp3) is 0.136. The van der Waals surface area contributed by atoms with E-state index in [0.29, 0.717) is 23.7 Å². The highest BCUT2D eigenvalue weighted by Crippen LogP contribution is 2.18. The number of ether oxygens (including phenoxy) is 1. The number of hydrogen-bond acceptors (Lipinski definition) is 5. The average molecular weight is 387 g/mol. The number of fused-ring (bicyclic) bond motifs is 1. The summed E-state index contributed by atoms with van der Waals surface area (Å²) in [7, 11) is 0. The molecule has 0 radical (unpaired) electrons. The topological polar surface area (TPSA) is 106 Å². The monoisotopic (exact) mass is 387 g/mol. The second kappa shape index (κ2) is 8.53. The molecule has 4 rings (SSSR count). The van der Waals surface area contributed by atoms with Gasteiger partial charge in [-0.15, -0.1) is 0 Å². The van der Waals surface area contributed by atoms with Crippen molar-refractivity contribution in [2.75, 3.05) is 11.9 Å². The Morgan fingerprint density at radius 3 is 2.76 bits per heavy atom. The summed E-state index contributed by atoms with van der Waals surface area (Å²) in [5, 5.41) is 10.6. The van der Waals surface area contributed by atoms with Crippen LogP contribution in [0.2, 0.25) is 0 Å². The van der Waals surface area contributed by atoms with Crippen molar-refractivity contribution < 1.29 is 9.53 Å². The highest BCUT2D eigenvalue weighted by molar-refractivity contribution is 6.04. The van der Waals surface area contributed by atoms with E-state index in [1.165, 1.54) is 6.20 Å². The second-order valence-electron chi connectivity index (χ2n) is 6.77. The Hall–Kier alpha value is -3.71. The van der Waals surface area contributed by atoms with Gasteiger partial charge in [-0.3, -0.25) is 9.89 Å². The lowest BCUT2D eigenvalue weighted by atomic mass is 10.1. The predicted molar refractivity (Wildman–Crippen MR) is 112 cm³/mol. The van der Waals surface area contributed by atoms with Crippen molar-refractivity contribution in [3.8, 4) is 5.88 Å². The molecule has 146 valence electrons. The molecule has 4 aromatic rings. The Morgan fingerprint density at radius 1 is 1.10 bits per heavy atom. The molecule has 0 spiro atoms. The molecule has 2 heterocycles. The molecule has 0 aliphatic carbocycles. The number of amides is 1. The minimum Gasteiger partial charge on any atom is -0.476 e. The fourth-order valence-electron chi connectivity index (χ4n) is 2.99. The second-order valence-corrected chi connectivity index (χ2v) is 6.77. The number of H-pyrrole nitrogens is 1. The van der Waals surface area contributed by atoms with Gasteiger partial charge >= 0.3 is 0 Å². The van der Waals surface area contributed by atoms with Gasteiger partial charge in [0, 0.05) is 29.4 Å². The number of hydrogen-bond donors (Lipinski definition) is 3. The van der Waals surface area contributed by atoms with Gasteiger partial charge < -0.3 is 15.8 Å². The maximum atomic E-state index is 12.4. The van der Waals surface area contributed by atoms with Crippen molar-refractivity contribution >= 4 is 22.5 Å². The number of nitrogens with zero attached hydrogens (tertiary/aromatic N) is 2. The van der Waals surface area contributed by atoms with Crippen LogP contribution in [0.3, 0.4) is 0 Å². The number of carbonyl (C=O) groups excluding carboxylic acids is 1. The Kier molecular flexibility index (Phi) is 5.49. The number of rotatable bonds is 7. The largest absolute Gasteiger partial charge is 0.476 e. The van der Waals surface area contributed by atoms with Crippen LogP contribution >= 0.6 is 0 Å². The SMILES string of the molecule is N[C@@H](COc1ccc(C(=O)Nc2ccc3[nH]ncc3c2)cn1)Cc1ccccc1. The first kappa shape index (κ1) is 18.6. The lowest BCUT2D eigenvalue weighted by molar-refractivity contribution is 0.102. The molecule has 0 aliphatic heterocycles. The summed E-state index contributed by atoms with van der Waals surface area (Å²) in [6.07, 6.45) is 3.92. The first-order chi connectivity index (χ1) is 14.2. The molecule has 0 saturated heterocycles. The number of benzene rings is 2. The van der Waals surface area contributed by atoms with Crippen LogP contribution < -0.4 is 15.8 Å². The highest BCUT2D eigenvalue weighted by atomic mass is 16.5. The molecule has 0 aliphatic rings. The van der Waals surface area contributed by atoms with Crippen LogP contribution in [-0.2, 0) is 6.42 Å². The Morgan fingerprint density at radius 2 is 1.97 bits per heavy atom. The van der Waals surface area contributed by atoms with E-state index < -0.39 is 0 Å². The smallest absolute Gasteiger partial charge is 0.257 e. The van der Waals surface area contributed by atoms with Crippen LogP contribution in [-0.4, -0.2) is 33.7 Å². The number of carbonyl (C=O) groups is 1. The van der Waals surface area contributed by atoms with Gasteiger partial charge in [0.2, 0.25) is 5.88 Å². The summed E-state index contributed by atoms with van der Waals surface area (Å²) in [5.41, 5.74) is 9.34. The third-order valence-electron chi connectivity index (χ3n) is 4.48. The van der Waals surface area contributed by atoms with E-state index in [2.05, 4.69) is 20.5 Å². The van der Waals surface area contributed by atoms with Crippen molar-refractivity contribution in [3.05, 3.63) is 84.2 Å². The Balaban J connectivity index is 1.31. The molecule has 1 atom stereocenters. The quantitative estimate of drug-likeness (QED) is 0.452. The lowest BCUT2D eigenvalue weighted by Crippen LogP contribution is -2.30. The number of nitrogens with one attached hydrogen (secondary N) is 2. The first-order valence-corrected chi connectivity index (χ1v) is 9.30. The summed E-state index contributed by atoms with van der Waals surface area (Å²) < 4.78 is 5.65. The maximum Gasteiger partial charge on any atom is 0.257 e. The van der Waals surface area contributed by atoms with E-state index in [0.717, 1.165) is 22.9 Å². The van der Waals surface area contributed by atoms with E-state index >= 15 is 0 Å². The maximum absolute atomic E-state index is 12.4. The standard InChI is InChI=1S/C22H21N5O2/c23-18(10-15-4-2-1-3-5-15)14-29-21-9-6-16(12-24-21)22(28)26-19-7-8-20-17(11-19)13-25-27-20/h1-9,11-13,18H,10,14,23H2,(H,25,27)(H,26,28)/t18-/m1/s1. The van der Waals surface area contributed by atoms with E-state index in [1.54, 1.807) is 18.3 Å². The lowest BCUT2D eigenvalue weighted by Gasteiger charge is -2.13. The third kappa shape index (κ3) is 4.77. The van der Waals surface area contributed by atoms with Crippen LogP contribution in [0.15, 0.2) is 73.1 Å². The summed E-state index contributed by atoms with van der Waals surface area (Å²) >= 11 is 0. The number of nitrogens with two attached hydrogens (primary N) is 1. The average Bonchev–Trinajstić information content (AvgIpc) is 3.21. The van der Waals surface area contributed by atoms with E-state index in [-0.39, 0.29) is 11.9 Å². The van der Waals surface area contributed by atoms with Crippen molar-refractivity contribution in [1.82, 2.24) is 15.2 Å². The molecule has 2 aromatic carbocycles. The minimum atomic E-state index is -0.243. The van der Waals surface area contributed by atoms with Gasteiger partial charge in [0.05, 0.1) is 17.3 Å². The zero-order chi connectivity index (χ0) is 20.1. The van der Waals surface area contributed by atoms with Gasteiger partial charge in [-0.05, 0) is 36.2 Å². The molecule has 0 fully saturated rings. The molecule has 7 nitrogen and oxygen atoms in total. The number of aromatic amines is 1. The van der Waals surface area contributed by atoms with E-state index in [9.17, 15) is 4.79 Å². The number of anilines is 1. The van der Waals surface area contributed by atoms with E-state index in [4.69, 9.17) is 10.5 Å². The third-order valence-corrected chi connectivity index (χ3v) is 4.48. The van der Waals surface area contributed by atoms with E-state index in [1.807, 2.05) is 48.5 Å². The Bertz CT molecular complexity index is 1090. The van der Waals surface area contributed by atoms with Crippen molar-refractivity contribution in [3.63, 3.8) is 0 Å². The molecule has 2 aromatic heterocycles.